The van der Waals surface area contributed by atoms with Crippen LogP contribution in [0.1, 0.15) is 13.8 Å². The lowest BCUT2D eigenvalue weighted by Gasteiger charge is -2.12. The fraction of sp³-hybridized carbons (Fsp3) is 0.500. The Morgan fingerprint density at radius 1 is 1.29 bits per heavy atom. The number of anilines is 2. The molecule has 2 atom stereocenters. The van der Waals surface area contributed by atoms with Crippen molar-refractivity contribution in [2.45, 2.75) is 30.4 Å². The van der Waals surface area contributed by atoms with E-state index in [2.05, 4.69) is 9.97 Å². The average molecular weight is 214 g/mol. The molecule has 5 N–H and O–H groups in total. The van der Waals surface area contributed by atoms with Crippen LogP contribution in [0.4, 0.5) is 11.6 Å². The summed E-state index contributed by atoms with van der Waals surface area (Å²) in [5.41, 5.74) is 11.0. The highest BCUT2D eigenvalue weighted by Crippen LogP contribution is 2.23. The highest BCUT2D eigenvalue weighted by atomic mass is 32.2. The third-order valence-corrected chi connectivity index (χ3v) is 2.87. The molecule has 1 aromatic rings. The van der Waals surface area contributed by atoms with Gasteiger partial charge in [0.15, 0.2) is 5.16 Å². The van der Waals surface area contributed by atoms with Crippen LogP contribution in [0.2, 0.25) is 0 Å². The van der Waals surface area contributed by atoms with Crippen LogP contribution in [0.15, 0.2) is 11.2 Å². The minimum absolute atomic E-state index is 0.0104. The average Bonchev–Trinajstić information content (AvgIpc) is 2.01. The number of aliphatic hydroxyl groups excluding tert-OH is 1. The van der Waals surface area contributed by atoms with E-state index in [1.165, 1.54) is 17.8 Å². The molecule has 0 aliphatic heterocycles. The van der Waals surface area contributed by atoms with Gasteiger partial charge in [0, 0.05) is 11.3 Å². The summed E-state index contributed by atoms with van der Waals surface area (Å²) in [6, 6.07) is 1.50. The van der Waals surface area contributed by atoms with Gasteiger partial charge < -0.3 is 16.6 Å². The number of nitrogens with two attached hydrogens (primary N) is 2. The second-order valence-electron chi connectivity index (χ2n) is 3.06. The van der Waals surface area contributed by atoms with Crippen LogP contribution in [0.3, 0.4) is 0 Å². The molecule has 0 radical (unpaired) electrons. The van der Waals surface area contributed by atoms with E-state index in [9.17, 15) is 5.11 Å². The summed E-state index contributed by atoms with van der Waals surface area (Å²) in [5.74, 6) is 0.690. The van der Waals surface area contributed by atoms with E-state index in [1.54, 1.807) is 6.92 Å². The Bertz CT molecular complexity index is 298. The molecule has 5 nitrogen and oxygen atoms in total. The monoisotopic (exact) mass is 214 g/mol. The standard InChI is InChI=1S/C8H14N4OS/c1-4(13)5(2)14-8-11-6(9)3-7(10)12-8/h3-5,13H,1-2H3,(H4,9,10,11,12). The van der Waals surface area contributed by atoms with Crippen LogP contribution in [-0.2, 0) is 0 Å². The van der Waals surface area contributed by atoms with Crippen molar-refractivity contribution in [2.24, 2.45) is 0 Å². The van der Waals surface area contributed by atoms with Gasteiger partial charge >= 0.3 is 0 Å². The molecule has 0 aromatic carbocycles. The van der Waals surface area contributed by atoms with Crippen molar-refractivity contribution in [1.29, 1.82) is 0 Å². The fourth-order valence-electron chi connectivity index (χ4n) is 0.779. The Kier molecular flexibility index (Phi) is 3.54. The lowest BCUT2D eigenvalue weighted by molar-refractivity contribution is 0.196. The van der Waals surface area contributed by atoms with Crippen molar-refractivity contribution >= 4 is 23.4 Å². The minimum atomic E-state index is -0.425. The third-order valence-electron chi connectivity index (χ3n) is 1.72. The van der Waals surface area contributed by atoms with Gasteiger partial charge in [0.25, 0.3) is 0 Å². The summed E-state index contributed by atoms with van der Waals surface area (Å²) in [7, 11) is 0. The molecule has 0 saturated heterocycles. The molecule has 6 heteroatoms. The maximum atomic E-state index is 9.28. The first kappa shape index (κ1) is 11.1. The second kappa shape index (κ2) is 4.47. The van der Waals surface area contributed by atoms with Crippen molar-refractivity contribution in [1.82, 2.24) is 9.97 Å². The van der Waals surface area contributed by atoms with Crippen molar-refractivity contribution in [3.05, 3.63) is 6.07 Å². The number of aliphatic hydroxyl groups is 1. The summed E-state index contributed by atoms with van der Waals surface area (Å²) in [6.45, 7) is 3.60. The summed E-state index contributed by atoms with van der Waals surface area (Å²) >= 11 is 1.35. The van der Waals surface area contributed by atoms with E-state index >= 15 is 0 Å². The molecule has 0 saturated carbocycles. The molecule has 0 aliphatic carbocycles. The Labute approximate surface area is 86.9 Å². The number of nitrogens with zero attached hydrogens (tertiary/aromatic N) is 2. The van der Waals surface area contributed by atoms with Gasteiger partial charge in [0.2, 0.25) is 0 Å². The van der Waals surface area contributed by atoms with Gasteiger partial charge in [-0.05, 0) is 6.92 Å². The van der Waals surface area contributed by atoms with E-state index in [4.69, 9.17) is 11.5 Å². The van der Waals surface area contributed by atoms with Crippen molar-refractivity contribution in [2.75, 3.05) is 11.5 Å². The number of aromatic nitrogens is 2. The van der Waals surface area contributed by atoms with Gasteiger partial charge in [-0.25, -0.2) is 9.97 Å². The Hall–Kier alpha value is -1.01. The topological polar surface area (TPSA) is 98.0 Å². The molecule has 2 unspecified atom stereocenters. The maximum Gasteiger partial charge on any atom is 0.191 e. The molecule has 1 rings (SSSR count). The van der Waals surface area contributed by atoms with Crippen LogP contribution in [-0.4, -0.2) is 26.4 Å². The molecule has 0 spiro atoms. The number of nitrogen functional groups attached to an aromatic ring is 2. The van der Waals surface area contributed by atoms with E-state index in [1.807, 2.05) is 6.92 Å². The first-order chi connectivity index (χ1) is 6.49. The van der Waals surface area contributed by atoms with Gasteiger partial charge in [0.1, 0.15) is 11.6 Å². The first-order valence-electron chi connectivity index (χ1n) is 4.24. The van der Waals surface area contributed by atoms with Gasteiger partial charge in [-0.3, -0.25) is 0 Å². The SMILES string of the molecule is CC(O)C(C)Sc1nc(N)cc(N)n1. The largest absolute Gasteiger partial charge is 0.392 e. The molecule has 1 aromatic heterocycles. The molecule has 0 fully saturated rings. The van der Waals surface area contributed by atoms with Crippen molar-refractivity contribution < 1.29 is 5.11 Å². The molecular weight excluding hydrogens is 200 g/mol. The third kappa shape index (κ3) is 3.04. The summed E-state index contributed by atoms with van der Waals surface area (Å²) in [4.78, 5) is 7.99. The predicted molar refractivity (Wildman–Crippen MR) is 57.9 cm³/mol. The van der Waals surface area contributed by atoms with Crippen LogP contribution in [0.5, 0.6) is 0 Å². The van der Waals surface area contributed by atoms with Gasteiger partial charge in [-0.2, -0.15) is 0 Å². The molecule has 78 valence electrons. The molecule has 14 heavy (non-hydrogen) atoms. The number of rotatable bonds is 3. The zero-order valence-electron chi connectivity index (χ0n) is 8.14. The van der Waals surface area contributed by atoms with Gasteiger partial charge in [-0.15, -0.1) is 0 Å². The fourth-order valence-corrected chi connectivity index (χ4v) is 1.63. The zero-order valence-corrected chi connectivity index (χ0v) is 8.95. The van der Waals surface area contributed by atoms with E-state index < -0.39 is 6.10 Å². The van der Waals surface area contributed by atoms with Crippen molar-refractivity contribution in [3.63, 3.8) is 0 Å². The number of thioether (sulfide) groups is 1. The molecule has 0 amide bonds. The Morgan fingerprint density at radius 3 is 2.21 bits per heavy atom. The molecular formula is C8H14N4OS. The smallest absolute Gasteiger partial charge is 0.191 e. The summed E-state index contributed by atoms with van der Waals surface area (Å²) in [6.07, 6.45) is -0.425. The second-order valence-corrected chi connectivity index (χ2v) is 4.41. The maximum absolute atomic E-state index is 9.28. The van der Waals surface area contributed by atoms with Crippen LogP contribution >= 0.6 is 11.8 Å². The van der Waals surface area contributed by atoms with Crippen LogP contribution < -0.4 is 11.5 Å². The predicted octanol–water partition coefficient (Wildman–Crippen LogP) is 0.502. The van der Waals surface area contributed by atoms with Crippen LogP contribution in [0, 0.1) is 0 Å². The quantitative estimate of drug-likeness (QED) is 0.500. The normalized spacial score (nSPS) is 15.1. The molecule has 0 aliphatic rings. The lowest BCUT2D eigenvalue weighted by atomic mass is 10.3. The summed E-state index contributed by atoms with van der Waals surface area (Å²) in [5, 5.41) is 9.79. The first-order valence-corrected chi connectivity index (χ1v) is 5.11. The van der Waals surface area contributed by atoms with Gasteiger partial charge in [-0.1, -0.05) is 18.7 Å². The summed E-state index contributed by atoms with van der Waals surface area (Å²) < 4.78 is 0. The lowest BCUT2D eigenvalue weighted by Crippen LogP contribution is -2.15. The van der Waals surface area contributed by atoms with E-state index in [0.717, 1.165) is 0 Å². The zero-order chi connectivity index (χ0) is 10.7. The molecule has 0 bridgehead atoms. The Balaban J connectivity index is 2.76. The number of hydrogen-bond donors (Lipinski definition) is 3. The highest BCUT2D eigenvalue weighted by molar-refractivity contribution is 7.99. The molecule has 1 heterocycles. The minimum Gasteiger partial charge on any atom is -0.392 e. The Morgan fingerprint density at radius 2 is 1.79 bits per heavy atom. The van der Waals surface area contributed by atoms with Crippen molar-refractivity contribution in [3.8, 4) is 0 Å². The van der Waals surface area contributed by atoms with Crippen LogP contribution in [0.25, 0.3) is 0 Å². The van der Waals surface area contributed by atoms with Gasteiger partial charge in [0.05, 0.1) is 6.10 Å². The number of hydrogen-bond acceptors (Lipinski definition) is 6. The van der Waals surface area contributed by atoms with E-state index in [0.29, 0.717) is 16.8 Å². The highest BCUT2D eigenvalue weighted by Gasteiger charge is 2.12. The van der Waals surface area contributed by atoms with E-state index in [-0.39, 0.29) is 5.25 Å².